The zero-order valence-electron chi connectivity index (χ0n) is 10.7. The lowest BCUT2D eigenvalue weighted by molar-refractivity contribution is 0.409. The van der Waals surface area contributed by atoms with Crippen molar-refractivity contribution in [2.75, 3.05) is 6.54 Å². The van der Waals surface area contributed by atoms with Gasteiger partial charge in [0.1, 0.15) is 0 Å². The number of hydrogen-bond acceptors (Lipinski definition) is 2. The summed E-state index contributed by atoms with van der Waals surface area (Å²) in [6.07, 6.45) is 5.27. The standard InChI is InChI=1S/C8H12O.C3H7N.C2H6/c1-4-5-6-7(2)8(3)9;1-3-4-2;1-2/h4-6,9H,1H2,2-3H3;2-3H2,1H3;1-2H3/b6-5-,8-7+;;. The van der Waals surface area contributed by atoms with Gasteiger partial charge in [-0.25, -0.2) is 0 Å². The van der Waals surface area contributed by atoms with Crippen LogP contribution in [-0.4, -0.2) is 18.4 Å². The molecule has 0 aliphatic rings. The molecule has 15 heavy (non-hydrogen) atoms. The summed E-state index contributed by atoms with van der Waals surface area (Å²) in [4.78, 5) is 3.49. The van der Waals surface area contributed by atoms with Crippen molar-refractivity contribution in [2.45, 2.75) is 34.6 Å². The highest BCUT2D eigenvalue weighted by Gasteiger charge is 1.84. The van der Waals surface area contributed by atoms with Crippen LogP contribution in [0.5, 0.6) is 0 Å². The summed E-state index contributed by atoms with van der Waals surface area (Å²) in [7, 11) is 0. The maximum Gasteiger partial charge on any atom is 0.0920 e. The van der Waals surface area contributed by atoms with Crippen molar-refractivity contribution < 1.29 is 5.11 Å². The molecule has 0 heterocycles. The molecule has 0 aromatic heterocycles. The summed E-state index contributed by atoms with van der Waals surface area (Å²) in [5.41, 5.74) is 0.870. The first-order chi connectivity index (χ1) is 7.09. The highest BCUT2D eigenvalue weighted by Crippen LogP contribution is 1.99. The number of aliphatic hydroxyl groups excluding tert-OH is 1. The molecule has 0 spiro atoms. The minimum atomic E-state index is 0.355. The molecule has 0 amide bonds. The van der Waals surface area contributed by atoms with Gasteiger partial charge < -0.3 is 10.1 Å². The largest absolute Gasteiger partial charge is 0.512 e. The quantitative estimate of drug-likeness (QED) is 0.421. The monoisotopic (exact) mass is 211 g/mol. The predicted molar refractivity (Wildman–Crippen MR) is 71.8 cm³/mol. The van der Waals surface area contributed by atoms with E-state index in [0.29, 0.717) is 5.76 Å². The number of allylic oxidation sites excluding steroid dienone is 5. The average molecular weight is 211 g/mol. The van der Waals surface area contributed by atoms with E-state index in [1.165, 1.54) is 0 Å². The fourth-order valence-electron chi connectivity index (χ4n) is 0.333. The molecule has 0 saturated heterocycles. The molecule has 0 fully saturated rings. The van der Waals surface area contributed by atoms with Crippen molar-refractivity contribution in [3.8, 4) is 0 Å². The summed E-state index contributed by atoms with van der Waals surface area (Å²) in [6, 6.07) is 0. The SMILES string of the molecule is C=C/C=C\C(C)=C(/C)O.C=NCC.CC. The fourth-order valence-corrected chi connectivity index (χ4v) is 0.333. The highest BCUT2D eigenvalue weighted by molar-refractivity contribution is 5.22. The van der Waals surface area contributed by atoms with Gasteiger partial charge in [0.15, 0.2) is 0 Å². The van der Waals surface area contributed by atoms with E-state index in [2.05, 4.69) is 18.3 Å². The number of aliphatic imine (C=N–C) groups is 1. The van der Waals surface area contributed by atoms with Crippen molar-refractivity contribution in [1.29, 1.82) is 0 Å². The minimum Gasteiger partial charge on any atom is -0.512 e. The van der Waals surface area contributed by atoms with Crippen LogP contribution >= 0.6 is 0 Å². The Morgan fingerprint density at radius 1 is 1.33 bits per heavy atom. The molecule has 0 atom stereocenters. The average Bonchev–Trinajstić information content (AvgIpc) is 2.28. The van der Waals surface area contributed by atoms with Crippen LogP contribution in [-0.2, 0) is 0 Å². The summed E-state index contributed by atoms with van der Waals surface area (Å²) in [6.45, 7) is 17.0. The predicted octanol–water partition coefficient (Wildman–Crippen LogP) is 4.31. The normalized spacial score (nSPS) is 10.2. The Labute approximate surface area is 94.8 Å². The van der Waals surface area contributed by atoms with Crippen LogP contribution in [0.1, 0.15) is 34.6 Å². The van der Waals surface area contributed by atoms with Crippen LogP contribution < -0.4 is 0 Å². The molecule has 88 valence electrons. The summed E-state index contributed by atoms with van der Waals surface area (Å²) < 4.78 is 0. The van der Waals surface area contributed by atoms with E-state index in [9.17, 15) is 0 Å². The van der Waals surface area contributed by atoms with Crippen molar-refractivity contribution in [2.24, 2.45) is 4.99 Å². The third-order valence-electron chi connectivity index (χ3n) is 1.28. The molecular weight excluding hydrogens is 186 g/mol. The fraction of sp³-hybridized carbons (Fsp3) is 0.462. The van der Waals surface area contributed by atoms with Crippen LogP contribution in [0.4, 0.5) is 0 Å². The molecule has 1 N–H and O–H groups in total. The van der Waals surface area contributed by atoms with Gasteiger partial charge in [0, 0.05) is 6.54 Å². The van der Waals surface area contributed by atoms with Gasteiger partial charge in [-0.1, -0.05) is 38.7 Å². The third kappa shape index (κ3) is 24.5. The lowest BCUT2D eigenvalue weighted by atomic mass is 10.2. The van der Waals surface area contributed by atoms with Crippen LogP contribution in [0.3, 0.4) is 0 Å². The van der Waals surface area contributed by atoms with E-state index in [4.69, 9.17) is 5.11 Å². The molecule has 0 unspecified atom stereocenters. The summed E-state index contributed by atoms with van der Waals surface area (Å²) >= 11 is 0. The Bertz CT molecular complexity index is 199. The number of nitrogens with zero attached hydrogens (tertiary/aromatic N) is 1. The topological polar surface area (TPSA) is 32.6 Å². The molecule has 0 aromatic rings. The van der Waals surface area contributed by atoms with Crippen molar-refractivity contribution in [3.05, 3.63) is 36.1 Å². The Morgan fingerprint density at radius 3 is 1.93 bits per heavy atom. The van der Waals surface area contributed by atoms with Gasteiger partial charge in [-0.15, -0.1) is 0 Å². The lowest BCUT2D eigenvalue weighted by Gasteiger charge is -1.91. The Morgan fingerprint density at radius 2 is 1.73 bits per heavy atom. The smallest absolute Gasteiger partial charge is 0.0920 e. The number of aliphatic hydroxyl groups is 1. The van der Waals surface area contributed by atoms with E-state index >= 15 is 0 Å². The molecule has 0 rings (SSSR count). The van der Waals surface area contributed by atoms with Gasteiger partial charge in [-0.2, -0.15) is 0 Å². The first-order valence-corrected chi connectivity index (χ1v) is 5.18. The van der Waals surface area contributed by atoms with E-state index < -0.39 is 0 Å². The summed E-state index contributed by atoms with van der Waals surface area (Å²) in [5.74, 6) is 0.355. The van der Waals surface area contributed by atoms with Crippen LogP contribution in [0.2, 0.25) is 0 Å². The maximum absolute atomic E-state index is 8.84. The van der Waals surface area contributed by atoms with E-state index in [1.807, 2.05) is 33.8 Å². The van der Waals surface area contributed by atoms with Gasteiger partial charge in [0.05, 0.1) is 5.76 Å². The van der Waals surface area contributed by atoms with Gasteiger partial charge in [0.25, 0.3) is 0 Å². The molecule has 0 aliphatic heterocycles. The minimum absolute atomic E-state index is 0.355. The van der Waals surface area contributed by atoms with Crippen LogP contribution in [0.25, 0.3) is 0 Å². The second-order valence-corrected chi connectivity index (χ2v) is 2.40. The second kappa shape index (κ2) is 18.5. The first-order valence-electron chi connectivity index (χ1n) is 5.18. The van der Waals surface area contributed by atoms with E-state index in [-0.39, 0.29) is 0 Å². The van der Waals surface area contributed by atoms with E-state index in [0.717, 1.165) is 12.1 Å². The molecule has 0 saturated carbocycles. The third-order valence-corrected chi connectivity index (χ3v) is 1.28. The van der Waals surface area contributed by atoms with E-state index in [1.54, 1.807) is 19.1 Å². The zero-order chi connectivity index (χ0) is 12.7. The first kappa shape index (κ1) is 19.3. The Hall–Kier alpha value is -1.31. The lowest BCUT2D eigenvalue weighted by Crippen LogP contribution is -1.75. The molecule has 0 radical (unpaired) electrons. The van der Waals surface area contributed by atoms with Gasteiger partial charge in [0.2, 0.25) is 0 Å². The Balaban J connectivity index is -0.000000202. The zero-order valence-corrected chi connectivity index (χ0v) is 10.7. The van der Waals surface area contributed by atoms with Gasteiger partial charge in [-0.05, 0) is 33.1 Å². The number of hydrogen-bond donors (Lipinski definition) is 1. The van der Waals surface area contributed by atoms with Crippen molar-refractivity contribution in [3.63, 3.8) is 0 Å². The maximum atomic E-state index is 8.84. The van der Waals surface area contributed by atoms with Gasteiger partial charge >= 0.3 is 0 Å². The number of rotatable bonds is 3. The molecule has 0 aliphatic carbocycles. The molecule has 2 heteroatoms. The molecule has 0 bridgehead atoms. The highest BCUT2D eigenvalue weighted by atomic mass is 16.3. The molecule has 2 nitrogen and oxygen atoms in total. The Kier molecular flexibility index (Phi) is 23.8. The van der Waals surface area contributed by atoms with Crippen molar-refractivity contribution in [1.82, 2.24) is 0 Å². The molecular formula is C13H25NO. The molecule has 0 aromatic carbocycles. The summed E-state index contributed by atoms with van der Waals surface area (Å²) in [5, 5.41) is 8.84. The van der Waals surface area contributed by atoms with Crippen molar-refractivity contribution >= 4 is 6.72 Å². The van der Waals surface area contributed by atoms with Crippen LogP contribution in [0.15, 0.2) is 41.1 Å². The van der Waals surface area contributed by atoms with Gasteiger partial charge in [-0.3, -0.25) is 0 Å². The second-order valence-electron chi connectivity index (χ2n) is 2.40. The van der Waals surface area contributed by atoms with Crippen LogP contribution in [0, 0.1) is 0 Å².